The molecule has 0 aromatic carbocycles. The number of morpholine rings is 1. The Labute approximate surface area is 452 Å². The average molecular weight is 1020 g/mol. The van der Waals surface area contributed by atoms with Crippen LogP contribution < -0.4 is 0 Å². The Hall–Kier alpha value is -0.440. The zero-order valence-electron chi connectivity index (χ0n) is 46.1. The Bertz CT molecular complexity index is 989. The molecule has 11 heteroatoms. The Morgan fingerprint density at radius 3 is 0.732 bits per heavy atom. The summed E-state index contributed by atoms with van der Waals surface area (Å²) in [6.45, 7) is 57.8. The highest BCUT2D eigenvalue weighted by molar-refractivity contribution is 4.74. The van der Waals surface area contributed by atoms with Gasteiger partial charge in [0.25, 0.3) is 0 Å². The van der Waals surface area contributed by atoms with E-state index in [1.54, 1.807) is 0 Å². The Morgan fingerprint density at radius 1 is 0.211 bits per heavy atom. The van der Waals surface area contributed by atoms with Crippen molar-refractivity contribution < 1.29 is 9.47 Å². The van der Waals surface area contributed by atoms with E-state index in [-0.39, 0.29) is 52.0 Å². The van der Waals surface area contributed by atoms with Gasteiger partial charge in [-0.2, -0.15) is 0 Å². The Morgan fingerprint density at radius 2 is 0.423 bits per heavy atom. The molecule has 7 rings (SSSR count). The summed E-state index contributed by atoms with van der Waals surface area (Å²) in [7, 11) is 4.40. The smallest absolute Gasteiger partial charge is 0.0594 e. The first-order valence-electron chi connectivity index (χ1n) is 27.1. The zero-order chi connectivity index (χ0) is 47.9. The molecule has 7 aliphatic heterocycles. The van der Waals surface area contributed by atoms with Crippen molar-refractivity contribution in [1.29, 1.82) is 0 Å². The van der Waals surface area contributed by atoms with Gasteiger partial charge in [0.15, 0.2) is 0 Å². The molecular formula is C60H143N9O2. The summed E-state index contributed by atoms with van der Waals surface area (Å²) in [6.07, 6.45) is 11.0. The van der Waals surface area contributed by atoms with Gasteiger partial charge in [0.2, 0.25) is 0 Å². The number of likely N-dealkylation sites (N-methyl/N-ethyl adjacent to an activating group) is 2. The largest absolute Gasteiger partial charge is 0.380 e. The molecular weight excluding hydrogens is 879 g/mol. The second-order valence-corrected chi connectivity index (χ2v) is 21.6. The molecule has 0 radical (unpaired) electrons. The number of hydrogen-bond acceptors (Lipinski definition) is 11. The molecule has 7 saturated heterocycles. The normalized spacial score (nSPS) is 21.0. The third kappa shape index (κ3) is 42.4. The number of piperidine rings is 1. The summed E-state index contributed by atoms with van der Waals surface area (Å²) >= 11 is 0. The van der Waals surface area contributed by atoms with Crippen LogP contribution in [0.25, 0.3) is 0 Å². The van der Waals surface area contributed by atoms with Gasteiger partial charge in [0.05, 0.1) is 19.8 Å². The predicted molar refractivity (Wildman–Crippen MR) is 328 cm³/mol. The first-order chi connectivity index (χ1) is 30.4. The molecule has 0 amide bonds. The molecule has 7 aliphatic rings. The van der Waals surface area contributed by atoms with E-state index in [9.17, 15) is 0 Å². The maximum atomic E-state index is 5.33. The number of ether oxygens (including phenoxy) is 2. The van der Waals surface area contributed by atoms with Crippen molar-refractivity contribution in [3.05, 3.63) is 0 Å². The fourth-order valence-electron chi connectivity index (χ4n) is 8.85. The first-order valence-corrected chi connectivity index (χ1v) is 27.1. The Kier molecular flexibility index (Phi) is 61.5. The highest BCUT2D eigenvalue weighted by Gasteiger charge is 2.18. The lowest BCUT2D eigenvalue weighted by molar-refractivity contribution is 0.0238. The van der Waals surface area contributed by atoms with E-state index in [0.29, 0.717) is 12.1 Å². The molecule has 440 valence electrons. The number of nitrogens with zero attached hydrogens (tertiary/aromatic N) is 9. The third-order valence-electron chi connectivity index (χ3n) is 14.1. The van der Waals surface area contributed by atoms with Gasteiger partial charge in [-0.15, -0.1) is 0 Å². The maximum absolute atomic E-state index is 5.33. The molecule has 0 atom stereocenters. The van der Waals surface area contributed by atoms with E-state index >= 15 is 0 Å². The second-order valence-electron chi connectivity index (χ2n) is 21.6. The van der Waals surface area contributed by atoms with Crippen LogP contribution in [0.3, 0.4) is 0 Å². The fourth-order valence-corrected chi connectivity index (χ4v) is 8.85. The van der Waals surface area contributed by atoms with Crippen LogP contribution in [0.5, 0.6) is 0 Å². The summed E-state index contributed by atoms with van der Waals surface area (Å²) in [4.78, 5) is 22.4. The monoisotopic (exact) mass is 1020 g/mol. The van der Waals surface area contributed by atoms with Gasteiger partial charge in [-0.05, 0) is 208 Å². The summed E-state index contributed by atoms with van der Waals surface area (Å²) in [5, 5.41) is 0. The fraction of sp³-hybridized carbons (Fsp3) is 1.00. The van der Waals surface area contributed by atoms with Crippen molar-refractivity contribution in [2.24, 2.45) is 0 Å². The summed E-state index contributed by atoms with van der Waals surface area (Å²) in [5.74, 6) is 0. The van der Waals surface area contributed by atoms with E-state index in [2.05, 4.69) is 155 Å². The van der Waals surface area contributed by atoms with E-state index in [1.165, 1.54) is 150 Å². The van der Waals surface area contributed by atoms with Crippen molar-refractivity contribution in [3.63, 3.8) is 0 Å². The van der Waals surface area contributed by atoms with Crippen LogP contribution in [0.1, 0.15) is 200 Å². The highest BCUT2D eigenvalue weighted by atomic mass is 16.5. The standard InChI is InChI=1S/C9H20N2.C8H18N2.C8H17NO.C8H17N.C7H15NO.C7H15N.C6H13N.7CH4/c1-9(2)11-6-4-5-10(3)7-8-11;1-8(2)10-6-4-9(3)5-7-10;1-8(2)9-4-3-6-10-7-5-9;1-8(2)9-6-4-3-5-7-9;1-7(2)8-3-5-9-6-4-8;1-7(2)8-5-3-4-6-8;1-6(2)7-4-3-5-7;;;;;;;/h9H,4-8H2,1-3H3;8H,4-7H2,1-3H3;8H,3-7H2,1-2H3;8H,3-7H2,1-2H3;7H,3-6H2,1-2H3;7H,3-6H2,1-2H3;6H,3-5H2,1-2H3;7*1H4. The van der Waals surface area contributed by atoms with Crippen molar-refractivity contribution in [3.8, 4) is 0 Å². The predicted octanol–water partition coefficient (Wildman–Crippen LogP) is 12.4. The number of rotatable bonds is 7. The molecule has 0 aromatic heterocycles. The molecule has 7 fully saturated rings. The number of piperazine rings is 1. The summed E-state index contributed by atoms with van der Waals surface area (Å²) in [6, 6.07) is 5.15. The van der Waals surface area contributed by atoms with Crippen LogP contribution in [0.15, 0.2) is 0 Å². The molecule has 71 heavy (non-hydrogen) atoms. The second kappa shape index (κ2) is 51.7. The summed E-state index contributed by atoms with van der Waals surface area (Å²) < 4.78 is 10.5. The van der Waals surface area contributed by atoms with E-state index in [1.807, 2.05) is 0 Å². The van der Waals surface area contributed by atoms with Crippen molar-refractivity contribution >= 4 is 0 Å². The number of hydrogen-bond donors (Lipinski definition) is 0. The molecule has 7 heterocycles. The third-order valence-corrected chi connectivity index (χ3v) is 14.1. The minimum Gasteiger partial charge on any atom is -0.380 e. The molecule has 0 bridgehead atoms. The van der Waals surface area contributed by atoms with E-state index < -0.39 is 0 Å². The lowest BCUT2D eigenvalue weighted by atomic mass is 10.1. The van der Waals surface area contributed by atoms with Crippen LogP contribution in [0.2, 0.25) is 0 Å². The lowest BCUT2D eigenvalue weighted by Gasteiger charge is -2.34. The highest BCUT2D eigenvalue weighted by Crippen LogP contribution is 2.12. The molecule has 0 N–H and O–H groups in total. The maximum Gasteiger partial charge on any atom is 0.0594 e. The lowest BCUT2D eigenvalue weighted by Crippen LogP contribution is -2.47. The molecule has 11 nitrogen and oxygen atoms in total. The van der Waals surface area contributed by atoms with Gasteiger partial charge >= 0.3 is 0 Å². The molecule has 0 unspecified atom stereocenters. The van der Waals surface area contributed by atoms with Gasteiger partial charge in [-0.25, -0.2) is 0 Å². The van der Waals surface area contributed by atoms with Gasteiger partial charge in [0, 0.05) is 114 Å². The molecule has 0 aromatic rings. The molecule has 0 aliphatic carbocycles. The van der Waals surface area contributed by atoms with Gasteiger partial charge in [-0.3, -0.25) is 19.6 Å². The number of likely N-dealkylation sites (tertiary alicyclic amines) is 3. The molecule has 0 saturated carbocycles. The minimum atomic E-state index is 0. The Balaban J connectivity index is -0.000000133. The minimum absolute atomic E-state index is 0. The van der Waals surface area contributed by atoms with Crippen LogP contribution >= 0.6 is 0 Å². The van der Waals surface area contributed by atoms with Gasteiger partial charge in [-0.1, -0.05) is 58.4 Å². The van der Waals surface area contributed by atoms with Gasteiger partial charge < -0.3 is 34.0 Å². The van der Waals surface area contributed by atoms with E-state index in [0.717, 1.165) is 76.3 Å². The van der Waals surface area contributed by atoms with E-state index in [4.69, 9.17) is 9.47 Å². The van der Waals surface area contributed by atoms with Crippen LogP contribution in [0.4, 0.5) is 0 Å². The van der Waals surface area contributed by atoms with Crippen molar-refractivity contribution in [1.82, 2.24) is 44.1 Å². The molecule has 0 spiro atoms. The SMILES string of the molecule is C.C.C.C.C.C.C.CC(C)N1CCC1.CC(C)N1CCCC1.CC(C)N1CCCCC1.CC(C)N1CCCN(C)CC1.CC(C)N1CCCOCC1.CC(C)N1CCN(C)CC1.CC(C)N1CCOCC1. The zero-order valence-corrected chi connectivity index (χ0v) is 46.1. The van der Waals surface area contributed by atoms with Crippen molar-refractivity contribution in [2.45, 2.75) is 243 Å². The summed E-state index contributed by atoms with van der Waals surface area (Å²) in [5.41, 5.74) is 0. The van der Waals surface area contributed by atoms with Crippen LogP contribution in [-0.4, -0.2) is 245 Å². The van der Waals surface area contributed by atoms with Crippen molar-refractivity contribution in [2.75, 3.05) is 158 Å². The van der Waals surface area contributed by atoms with Gasteiger partial charge in [0.1, 0.15) is 0 Å². The van der Waals surface area contributed by atoms with Crippen LogP contribution in [0, 0.1) is 0 Å². The quantitative estimate of drug-likeness (QED) is 0.245. The first kappa shape index (κ1) is 84.5. The average Bonchev–Trinajstić information content (AvgIpc) is 3.53. The topological polar surface area (TPSA) is 47.6 Å². The van der Waals surface area contributed by atoms with Crippen LogP contribution in [-0.2, 0) is 9.47 Å².